The van der Waals surface area contributed by atoms with Gasteiger partial charge >= 0.3 is 12.0 Å². The van der Waals surface area contributed by atoms with Crippen molar-refractivity contribution in [1.82, 2.24) is 10.6 Å². The Balaban J connectivity index is 2.17. The van der Waals surface area contributed by atoms with Crippen LogP contribution in [0.3, 0.4) is 0 Å². The summed E-state index contributed by atoms with van der Waals surface area (Å²) >= 11 is 0. The summed E-state index contributed by atoms with van der Waals surface area (Å²) in [5.41, 5.74) is 4.99. The van der Waals surface area contributed by atoms with Crippen LogP contribution in [0.5, 0.6) is 0 Å². The molecule has 0 spiro atoms. The number of urea groups is 1. The summed E-state index contributed by atoms with van der Waals surface area (Å²) in [6.45, 7) is 0.448. The van der Waals surface area contributed by atoms with Crippen molar-refractivity contribution in [3.63, 3.8) is 0 Å². The molecule has 3 amide bonds. The molecule has 0 heterocycles. The van der Waals surface area contributed by atoms with Gasteiger partial charge in [-0.15, -0.1) is 0 Å². The van der Waals surface area contributed by atoms with Crippen LogP contribution in [-0.4, -0.2) is 35.6 Å². The zero-order valence-electron chi connectivity index (χ0n) is 10.9. The SMILES string of the molecule is NC(=O)CCCCNC(=O)NC1CCCC1C(=O)O. The highest BCUT2D eigenvalue weighted by Gasteiger charge is 2.33. The number of carbonyl (C=O) groups excluding carboxylic acids is 2. The maximum absolute atomic E-state index is 11.6. The van der Waals surface area contributed by atoms with E-state index in [1.165, 1.54) is 0 Å². The van der Waals surface area contributed by atoms with E-state index >= 15 is 0 Å². The minimum atomic E-state index is -0.857. The molecule has 1 aliphatic carbocycles. The van der Waals surface area contributed by atoms with E-state index in [0.717, 1.165) is 6.42 Å². The number of unbranched alkanes of at least 4 members (excludes halogenated alkanes) is 1. The third-order valence-corrected chi connectivity index (χ3v) is 3.29. The molecule has 1 aliphatic rings. The fourth-order valence-electron chi connectivity index (χ4n) is 2.27. The van der Waals surface area contributed by atoms with E-state index in [1.807, 2.05) is 0 Å². The number of amides is 3. The number of primary amides is 1. The third kappa shape index (κ3) is 5.58. The second-order valence-electron chi connectivity index (χ2n) is 4.81. The summed E-state index contributed by atoms with van der Waals surface area (Å²) in [5.74, 6) is -1.69. The fourth-order valence-corrected chi connectivity index (χ4v) is 2.27. The molecule has 108 valence electrons. The molecule has 0 saturated heterocycles. The Morgan fingerprint density at radius 3 is 2.58 bits per heavy atom. The monoisotopic (exact) mass is 271 g/mol. The summed E-state index contributed by atoms with van der Waals surface area (Å²) in [4.78, 5) is 33.0. The molecule has 1 fully saturated rings. The van der Waals surface area contributed by atoms with E-state index < -0.39 is 11.9 Å². The van der Waals surface area contributed by atoms with E-state index in [1.54, 1.807) is 0 Å². The minimum Gasteiger partial charge on any atom is -0.481 e. The number of nitrogens with two attached hydrogens (primary N) is 1. The number of aliphatic carboxylic acids is 1. The lowest BCUT2D eigenvalue weighted by molar-refractivity contribution is -0.142. The zero-order chi connectivity index (χ0) is 14.3. The first kappa shape index (κ1) is 15.3. The molecule has 0 radical (unpaired) electrons. The van der Waals surface area contributed by atoms with Crippen LogP contribution in [0.4, 0.5) is 4.79 Å². The quantitative estimate of drug-likeness (QED) is 0.494. The van der Waals surface area contributed by atoms with Crippen LogP contribution >= 0.6 is 0 Å². The Morgan fingerprint density at radius 1 is 1.21 bits per heavy atom. The van der Waals surface area contributed by atoms with Crippen molar-refractivity contribution in [2.75, 3.05) is 6.54 Å². The average Bonchev–Trinajstić information content (AvgIpc) is 2.76. The van der Waals surface area contributed by atoms with Gasteiger partial charge in [-0.2, -0.15) is 0 Å². The van der Waals surface area contributed by atoms with Crippen LogP contribution in [0.2, 0.25) is 0 Å². The summed E-state index contributed by atoms with van der Waals surface area (Å²) in [5, 5.41) is 14.3. The normalized spacial score (nSPS) is 21.9. The highest BCUT2D eigenvalue weighted by Crippen LogP contribution is 2.25. The Labute approximate surface area is 111 Å². The van der Waals surface area contributed by atoms with Crippen LogP contribution in [0.1, 0.15) is 38.5 Å². The predicted octanol–water partition coefficient (Wildman–Crippen LogP) is 0.194. The third-order valence-electron chi connectivity index (χ3n) is 3.29. The Bertz CT molecular complexity index is 346. The fraction of sp³-hybridized carbons (Fsp3) is 0.750. The summed E-state index contributed by atoms with van der Waals surface area (Å²) in [6, 6.07) is -0.639. The molecule has 2 unspecified atom stereocenters. The van der Waals surface area contributed by atoms with Crippen LogP contribution in [0.25, 0.3) is 0 Å². The first-order valence-electron chi connectivity index (χ1n) is 6.56. The van der Waals surface area contributed by atoms with Gasteiger partial charge in [0, 0.05) is 19.0 Å². The molecular formula is C12H21N3O4. The van der Waals surface area contributed by atoms with Crippen LogP contribution in [0.15, 0.2) is 0 Å². The molecule has 7 heteroatoms. The van der Waals surface area contributed by atoms with Gasteiger partial charge in [0.05, 0.1) is 5.92 Å². The highest BCUT2D eigenvalue weighted by molar-refractivity contribution is 5.77. The topological polar surface area (TPSA) is 122 Å². The largest absolute Gasteiger partial charge is 0.481 e. The van der Waals surface area contributed by atoms with Crippen molar-refractivity contribution in [2.45, 2.75) is 44.6 Å². The van der Waals surface area contributed by atoms with E-state index in [9.17, 15) is 14.4 Å². The van der Waals surface area contributed by atoms with Gasteiger partial charge in [-0.3, -0.25) is 9.59 Å². The van der Waals surface area contributed by atoms with E-state index in [0.29, 0.717) is 38.6 Å². The van der Waals surface area contributed by atoms with Gasteiger partial charge in [0.25, 0.3) is 0 Å². The van der Waals surface area contributed by atoms with Gasteiger partial charge in [-0.1, -0.05) is 6.42 Å². The maximum atomic E-state index is 11.6. The average molecular weight is 271 g/mol. The van der Waals surface area contributed by atoms with E-state index in [4.69, 9.17) is 10.8 Å². The first-order valence-corrected chi connectivity index (χ1v) is 6.56. The van der Waals surface area contributed by atoms with Crippen molar-refractivity contribution in [3.8, 4) is 0 Å². The van der Waals surface area contributed by atoms with Gasteiger partial charge in [-0.25, -0.2) is 4.79 Å². The number of hydrogen-bond acceptors (Lipinski definition) is 3. The molecule has 0 bridgehead atoms. The number of hydrogen-bond donors (Lipinski definition) is 4. The molecule has 7 nitrogen and oxygen atoms in total. The number of carbonyl (C=O) groups is 3. The number of rotatable bonds is 7. The van der Waals surface area contributed by atoms with Crippen LogP contribution < -0.4 is 16.4 Å². The number of carboxylic acid groups (broad SMARTS) is 1. The van der Waals surface area contributed by atoms with Gasteiger partial charge in [0.2, 0.25) is 5.91 Å². The lowest BCUT2D eigenvalue weighted by Crippen LogP contribution is -2.45. The lowest BCUT2D eigenvalue weighted by atomic mass is 10.0. The van der Waals surface area contributed by atoms with E-state index in [-0.39, 0.29) is 18.0 Å². The van der Waals surface area contributed by atoms with Gasteiger partial charge in [0.15, 0.2) is 0 Å². The molecule has 0 aliphatic heterocycles. The second kappa shape index (κ2) is 7.60. The zero-order valence-corrected chi connectivity index (χ0v) is 10.9. The van der Waals surface area contributed by atoms with Crippen LogP contribution in [-0.2, 0) is 9.59 Å². The van der Waals surface area contributed by atoms with Gasteiger partial charge in [0.1, 0.15) is 0 Å². The molecule has 1 saturated carbocycles. The maximum Gasteiger partial charge on any atom is 0.315 e. The molecule has 0 aromatic rings. The molecular weight excluding hydrogens is 250 g/mol. The summed E-state index contributed by atoms with van der Waals surface area (Å²) < 4.78 is 0. The molecule has 0 aromatic heterocycles. The molecule has 5 N–H and O–H groups in total. The number of carboxylic acids is 1. The van der Waals surface area contributed by atoms with Crippen molar-refractivity contribution in [1.29, 1.82) is 0 Å². The van der Waals surface area contributed by atoms with E-state index in [2.05, 4.69) is 10.6 Å². The van der Waals surface area contributed by atoms with Crippen molar-refractivity contribution in [2.24, 2.45) is 11.7 Å². The first-order chi connectivity index (χ1) is 9.00. The predicted molar refractivity (Wildman–Crippen MR) is 68.3 cm³/mol. The van der Waals surface area contributed by atoms with Crippen LogP contribution in [0, 0.1) is 5.92 Å². The number of nitrogens with one attached hydrogen (secondary N) is 2. The standard InChI is InChI=1S/C12H21N3O4/c13-10(16)6-1-2-7-14-12(19)15-9-5-3-4-8(9)11(17)18/h8-9H,1-7H2,(H2,13,16)(H,17,18)(H2,14,15,19). The van der Waals surface area contributed by atoms with Crippen molar-refractivity contribution in [3.05, 3.63) is 0 Å². The molecule has 1 rings (SSSR count). The Kier molecular flexibility index (Phi) is 6.11. The lowest BCUT2D eigenvalue weighted by Gasteiger charge is -2.17. The Hall–Kier alpha value is -1.79. The minimum absolute atomic E-state index is 0.289. The Morgan fingerprint density at radius 2 is 1.95 bits per heavy atom. The molecule has 2 atom stereocenters. The second-order valence-corrected chi connectivity index (χ2v) is 4.81. The smallest absolute Gasteiger partial charge is 0.315 e. The van der Waals surface area contributed by atoms with Crippen molar-refractivity contribution < 1.29 is 19.5 Å². The molecule has 19 heavy (non-hydrogen) atoms. The van der Waals surface area contributed by atoms with Gasteiger partial charge in [-0.05, 0) is 25.7 Å². The van der Waals surface area contributed by atoms with Gasteiger partial charge < -0.3 is 21.5 Å². The summed E-state index contributed by atoms with van der Waals surface area (Å²) in [7, 11) is 0. The molecule has 0 aromatic carbocycles. The van der Waals surface area contributed by atoms with Crippen molar-refractivity contribution >= 4 is 17.9 Å². The summed E-state index contributed by atoms with van der Waals surface area (Å²) in [6.07, 6.45) is 3.75. The highest BCUT2D eigenvalue weighted by atomic mass is 16.4.